The molecule has 1 amide bonds. The minimum atomic E-state index is -0.909. The zero-order valence-corrected chi connectivity index (χ0v) is 13.0. The van der Waals surface area contributed by atoms with Gasteiger partial charge in [-0.25, -0.2) is 4.98 Å². The van der Waals surface area contributed by atoms with E-state index in [9.17, 15) is 9.59 Å². The molecule has 0 spiro atoms. The van der Waals surface area contributed by atoms with E-state index in [-0.39, 0.29) is 18.2 Å². The van der Waals surface area contributed by atoms with Crippen LogP contribution in [0.2, 0.25) is 0 Å². The smallest absolute Gasteiger partial charge is 0.313 e. The predicted octanol–water partition coefficient (Wildman–Crippen LogP) is 1.61. The number of imidazole rings is 1. The molecule has 0 radical (unpaired) electrons. The third kappa shape index (κ3) is 3.55. The first kappa shape index (κ1) is 15.4. The van der Waals surface area contributed by atoms with Gasteiger partial charge in [-0.1, -0.05) is 17.8 Å². The standard InChI is InChI=1S/C14H17N3O3S/c1-9-4-5-11-10(6-9)15-14(21-8-13(19)20)17(11)7-12(18)16(2)3/h4-6H,7-8H2,1-3H3,(H,19,20). The lowest BCUT2D eigenvalue weighted by atomic mass is 10.2. The number of nitrogens with zero attached hydrogens (tertiary/aromatic N) is 3. The number of carboxylic acids is 1. The fourth-order valence-corrected chi connectivity index (χ4v) is 2.62. The molecule has 2 aromatic rings. The van der Waals surface area contributed by atoms with Gasteiger partial charge in [-0.3, -0.25) is 9.59 Å². The maximum atomic E-state index is 12.0. The molecule has 21 heavy (non-hydrogen) atoms. The Bertz CT molecular complexity index is 694. The number of benzene rings is 1. The van der Waals surface area contributed by atoms with Gasteiger partial charge >= 0.3 is 5.97 Å². The van der Waals surface area contributed by atoms with Crippen LogP contribution < -0.4 is 0 Å². The SMILES string of the molecule is Cc1ccc2c(c1)nc(SCC(=O)O)n2CC(=O)N(C)C. The molecule has 0 bridgehead atoms. The van der Waals surface area contributed by atoms with E-state index in [0.717, 1.165) is 28.4 Å². The molecule has 6 nitrogen and oxygen atoms in total. The molecule has 1 heterocycles. The number of likely N-dealkylation sites (N-methyl/N-ethyl adjacent to an activating group) is 1. The summed E-state index contributed by atoms with van der Waals surface area (Å²) in [5, 5.41) is 9.37. The van der Waals surface area contributed by atoms with Gasteiger partial charge < -0.3 is 14.6 Å². The number of thioether (sulfide) groups is 1. The highest BCUT2D eigenvalue weighted by atomic mass is 32.2. The highest BCUT2D eigenvalue weighted by molar-refractivity contribution is 7.99. The fourth-order valence-electron chi connectivity index (χ4n) is 1.88. The Morgan fingerprint density at radius 2 is 2.10 bits per heavy atom. The monoisotopic (exact) mass is 307 g/mol. The van der Waals surface area contributed by atoms with E-state index in [0.29, 0.717) is 5.16 Å². The summed E-state index contributed by atoms with van der Waals surface area (Å²) in [5.74, 6) is -1.06. The molecule has 0 saturated heterocycles. The van der Waals surface area contributed by atoms with Crippen LogP contribution in [0.1, 0.15) is 5.56 Å². The molecule has 0 aliphatic heterocycles. The van der Waals surface area contributed by atoms with Gasteiger partial charge in [-0.15, -0.1) is 0 Å². The number of fused-ring (bicyclic) bond motifs is 1. The van der Waals surface area contributed by atoms with E-state index in [1.165, 1.54) is 4.90 Å². The van der Waals surface area contributed by atoms with Gasteiger partial charge in [-0.2, -0.15) is 0 Å². The molecule has 0 fully saturated rings. The Morgan fingerprint density at radius 3 is 2.71 bits per heavy atom. The molecule has 1 aromatic carbocycles. The molecule has 0 aliphatic rings. The topological polar surface area (TPSA) is 75.4 Å². The highest BCUT2D eigenvalue weighted by Crippen LogP contribution is 2.25. The Balaban J connectivity index is 2.44. The number of rotatable bonds is 5. The van der Waals surface area contributed by atoms with Crippen molar-refractivity contribution in [3.8, 4) is 0 Å². The van der Waals surface area contributed by atoms with Gasteiger partial charge in [0.15, 0.2) is 5.16 Å². The van der Waals surface area contributed by atoms with Gasteiger partial charge in [0.05, 0.1) is 16.8 Å². The van der Waals surface area contributed by atoms with E-state index in [1.54, 1.807) is 18.7 Å². The molecule has 2 rings (SSSR count). The van der Waals surface area contributed by atoms with Gasteiger partial charge in [0.1, 0.15) is 6.54 Å². The van der Waals surface area contributed by atoms with Crippen LogP contribution >= 0.6 is 11.8 Å². The second kappa shape index (κ2) is 6.17. The van der Waals surface area contributed by atoms with Crippen molar-refractivity contribution in [2.24, 2.45) is 0 Å². The summed E-state index contributed by atoms with van der Waals surface area (Å²) >= 11 is 1.12. The van der Waals surface area contributed by atoms with E-state index >= 15 is 0 Å². The summed E-state index contributed by atoms with van der Waals surface area (Å²) in [5.41, 5.74) is 2.68. The summed E-state index contributed by atoms with van der Waals surface area (Å²) in [6.07, 6.45) is 0. The maximum Gasteiger partial charge on any atom is 0.313 e. The van der Waals surface area contributed by atoms with Crippen LogP contribution in [0.5, 0.6) is 0 Å². The van der Waals surface area contributed by atoms with Crippen LogP contribution in [0.4, 0.5) is 0 Å². The van der Waals surface area contributed by atoms with Gasteiger partial charge in [0.2, 0.25) is 5.91 Å². The Hall–Kier alpha value is -2.02. The van der Waals surface area contributed by atoms with Gasteiger partial charge in [0, 0.05) is 14.1 Å². The first-order valence-electron chi connectivity index (χ1n) is 6.40. The van der Waals surface area contributed by atoms with Crippen molar-refractivity contribution in [3.05, 3.63) is 23.8 Å². The van der Waals surface area contributed by atoms with Crippen molar-refractivity contribution < 1.29 is 14.7 Å². The molecule has 112 valence electrons. The average Bonchev–Trinajstić information content (AvgIpc) is 2.73. The third-order valence-electron chi connectivity index (χ3n) is 2.99. The largest absolute Gasteiger partial charge is 0.481 e. The second-order valence-corrected chi connectivity index (χ2v) is 5.89. The molecular weight excluding hydrogens is 290 g/mol. The summed E-state index contributed by atoms with van der Waals surface area (Å²) < 4.78 is 1.77. The number of carboxylic acid groups (broad SMARTS) is 1. The average molecular weight is 307 g/mol. The predicted molar refractivity (Wildman–Crippen MR) is 81.5 cm³/mol. The second-order valence-electron chi connectivity index (χ2n) is 4.94. The van der Waals surface area contributed by atoms with Crippen LogP contribution in [-0.2, 0) is 16.1 Å². The van der Waals surface area contributed by atoms with Gasteiger partial charge in [0.25, 0.3) is 0 Å². The summed E-state index contributed by atoms with van der Waals surface area (Å²) in [6, 6.07) is 5.79. The number of hydrogen-bond donors (Lipinski definition) is 1. The quantitative estimate of drug-likeness (QED) is 0.849. The van der Waals surface area contributed by atoms with E-state index in [2.05, 4.69) is 4.98 Å². The van der Waals surface area contributed by atoms with E-state index < -0.39 is 5.97 Å². The Kier molecular flexibility index (Phi) is 4.52. The number of amides is 1. The zero-order chi connectivity index (χ0) is 15.6. The zero-order valence-electron chi connectivity index (χ0n) is 12.2. The first-order valence-corrected chi connectivity index (χ1v) is 7.38. The van der Waals surface area contributed by atoms with Crippen LogP contribution in [0, 0.1) is 6.92 Å². The lowest BCUT2D eigenvalue weighted by Crippen LogP contribution is -2.26. The number of carbonyl (C=O) groups excluding carboxylic acids is 1. The molecule has 0 atom stereocenters. The van der Waals surface area contributed by atoms with E-state index in [4.69, 9.17) is 5.11 Å². The maximum absolute atomic E-state index is 12.0. The van der Waals surface area contributed by atoms with E-state index in [1.807, 2.05) is 25.1 Å². The lowest BCUT2D eigenvalue weighted by molar-refractivity contribution is -0.134. The van der Waals surface area contributed by atoms with Crippen LogP contribution in [-0.4, -0.2) is 51.3 Å². The number of aliphatic carboxylic acids is 1. The van der Waals surface area contributed by atoms with Crippen molar-refractivity contribution in [1.82, 2.24) is 14.5 Å². The third-order valence-corrected chi connectivity index (χ3v) is 3.95. The normalized spacial score (nSPS) is 10.8. The first-order chi connectivity index (χ1) is 9.88. The number of aryl methyl sites for hydroxylation is 1. The van der Waals surface area contributed by atoms with Crippen molar-refractivity contribution >= 4 is 34.7 Å². The molecule has 1 N–H and O–H groups in total. The lowest BCUT2D eigenvalue weighted by Gasteiger charge is -2.13. The van der Waals surface area contributed by atoms with Crippen LogP contribution in [0.3, 0.4) is 0 Å². The van der Waals surface area contributed by atoms with Crippen LogP contribution in [0.15, 0.2) is 23.4 Å². The van der Waals surface area contributed by atoms with Crippen LogP contribution in [0.25, 0.3) is 11.0 Å². The summed E-state index contributed by atoms with van der Waals surface area (Å²) in [7, 11) is 3.38. The fraction of sp³-hybridized carbons (Fsp3) is 0.357. The Morgan fingerprint density at radius 1 is 1.38 bits per heavy atom. The molecule has 7 heteroatoms. The molecule has 0 unspecified atom stereocenters. The number of aromatic nitrogens is 2. The summed E-state index contributed by atoms with van der Waals surface area (Å²) in [6.45, 7) is 2.11. The summed E-state index contributed by atoms with van der Waals surface area (Å²) in [4.78, 5) is 28.7. The van der Waals surface area contributed by atoms with Crippen molar-refractivity contribution in [3.63, 3.8) is 0 Å². The molecular formula is C14H17N3O3S. The number of carbonyl (C=O) groups is 2. The highest BCUT2D eigenvalue weighted by Gasteiger charge is 2.16. The molecule has 0 saturated carbocycles. The molecule has 0 aliphatic carbocycles. The van der Waals surface area contributed by atoms with Crippen molar-refractivity contribution in [1.29, 1.82) is 0 Å². The van der Waals surface area contributed by atoms with Gasteiger partial charge in [-0.05, 0) is 24.6 Å². The Labute approximate surface area is 126 Å². The van der Waals surface area contributed by atoms with Crippen molar-refractivity contribution in [2.45, 2.75) is 18.6 Å². The minimum Gasteiger partial charge on any atom is -0.481 e. The molecule has 1 aromatic heterocycles. The minimum absolute atomic E-state index is 0.0629. The number of hydrogen-bond acceptors (Lipinski definition) is 4. The van der Waals surface area contributed by atoms with Crippen molar-refractivity contribution in [2.75, 3.05) is 19.8 Å².